The zero-order valence-electron chi connectivity index (χ0n) is 9.46. The van der Waals surface area contributed by atoms with Gasteiger partial charge in [0.1, 0.15) is 6.04 Å². The van der Waals surface area contributed by atoms with Gasteiger partial charge < -0.3 is 15.8 Å². The number of esters is 1. The van der Waals surface area contributed by atoms with Crippen molar-refractivity contribution in [1.29, 1.82) is 0 Å². The molecule has 1 saturated heterocycles. The SMILES string of the molecule is NC(=O)C[C@@H]1NC(=O)[C@H](c2ccccc2)OC1=O. The summed E-state index contributed by atoms with van der Waals surface area (Å²) < 4.78 is 5.04. The van der Waals surface area contributed by atoms with E-state index in [1.54, 1.807) is 30.3 Å². The third-order valence-electron chi connectivity index (χ3n) is 2.58. The first-order valence-corrected chi connectivity index (χ1v) is 5.42. The number of primary amides is 1. The molecule has 0 bridgehead atoms. The van der Waals surface area contributed by atoms with E-state index in [1.807, 2.05) is 0 Å². The molecule has 2 atom stereocenters. The predicted molar refractivity (Wildman–Crippen MR) is 61.0 cm³/mol. The van der Waals surface area contributed by atoms with Crippen LogP contribution in [-0.2, 0) is 19.1 Å². The highest BCUT2D eigenvalue weighted by molar-refractivity contribution is 5.95. The Morgan fingerprint density at radius 1 is 1.28 bits per heavy atom. The molecule has 1 fully saturated rings. The van der Waals surface area contributed by atoms with E-state index in [9.17, 15) is 14.4 Å². The lowest BCUT2D eigenvalue weighted by Gasteiger charge is -2.28. The lowest BCUT2D eigenvalue weighted by atomic mass is 10.1. The molecule has 3 N–H and O–H groups in total. The number of morpholine rings is 1. The summed E-state index contributed by atoms with van der Waals surface area (Å²) in [5.74, 6) is -1.77. The zero-order valence-corrected chi connectivity index (χ0v) is 9.46. The molecule has 2 rings (SSSR count). The third kappa shape index (κ3) is 2.48. The lowest BCUT2D eigenvalue weighted by Crippen LogP contribution is -2.51. The minimum Gasteiger partial charge on any atom is -0.446 e. The number of benzene rings is 1. The van der Waals surface area contributed by atoms with E-state index in [2.05, 4.69) is 5.32 Å². The van der Waals surface area contributed by atoms with E-state index >= 15 is 0 Å². The highest BCUT2D eigenvalue weighted by Crippen LogP contribution is 2.22. The first-order chi connectivity index (χ1) is 8.58. The average molecular weight is 248 g/mol. The van der Waals surface area contributed by atoms with Crippen LogP contribution in [0, 0.1) is 0 Å². The van der Waals surface area contributed by atoms with Crippen LogP contribution in [0.2, 0.25) is 0 Å². The number of ether oxygens (including phenoxy) is 1. The number of cyclic esters (lactones) is 1. The number of hydrogen-bond acceptors (Lipinski definition) is 4. The maximum Gasteiger partial charge on any atom is 0.330 e. The molecule has 0 spiro atoms. The molecule has 1 aliphatic heterocycles. The van der Waals surface area contributed by atoms with Crippen LogP contribution in [0.5, 0.6) is 0 Å². The number of amides is 2. The fourth-order valence-electron chi connectivity index (χ4n) is 1.74. The highest BCUT2D eigenvalue weighted by atomic mass is 16.6. The minimum absolute atomic E-state index is 0.258. The molecule has 6 nitrogen and oxygen atoms in total. The molecule has 1 aromatic rings. The van der Waals surface area contributed by atoms with Crippen LogP contribution in [0.4, 0.5) is 0 Å². The largest absolute Gasteiger partial charge is 0.446 e. The minimum atomic E-state index is -0.991. The summed E-state index contributed by atoms with van der Waals surface area (Å²) in [6.45, 7) is 0. The van der Waals surface area contributed by atoms with Crippen LogP contribution in [0.15, 0.2) is 30.3 Å². The van der Waals surface area contributed by atoms with Crippen LogP contribution >= 0.6 is 0 Å². The van der Waals surface area contributed by atoms with Crippen molar-refractivity contribution in [3.05, 3.63) is 35.9 Å². The second-order valence-electron chi connectivity index (χ2n) is 3.96. The number of hydrogen-bond donors (Lipinski definition) is 2. The number of nitrogens with two attached hydrogens (primary N) is 1. The molecule has 0 saturated carbocycles. The molecule has 0 aliphatic carbocycles. The summed E-state index contributed by atoms with van der Waals surface area (Å²) in [4.78, 5) is 34.1. The predicted octanol–water partition coefficient (Wildman–Crippen LogP) is -0.355. The van der Waals surface area contributed by atoms with Gasteiger partial charge in [-0.05, 0) is 0 Å². The molecule has 0 radical (unpaired) electrons. The Labute approximate surface area is 103 Å². The van der Waals surface area contributed by atoms with Crippen LogP contribution in [-0.4, -0.2) is 23.8 Å². The molecule has 94 valence electrons. The van der Waals surface area contributed by atoms with Gasteiger partial charge in [-0.2, -0.15) is 0 Å². The second kappa shape index (κ2) is 4.87. The second-order valence-corrected chi connectivity index (χ2v) is 3.96. The number of nitrogens with one attached hydrogen (secondary N) is 1. The maximum absolute atomic E-state index is 11.8. The van der Waals surface area contributed by atoms with Gasteiger partial charge in [0.15, 0.2) is 0 Å². The van der Waals surface area contributed by atoms with Crippen LogP contribution in [0.1, 0.15) is 18.1 Å². The van der Waals surface area contributed by atoms with E-state index in [1.165, 1.54) is 0 Å². The van der Waals surface area contributed by atoms with Gasteiger partial charge in [-0.25, -0.2) is 4.79 Å². The van der Waals surface area contributed by atoms with Crippen molar-refractivity contribution in [2.45, 2.75) is 18.6 Å². The summed E-state index contributed by atoms with van der Waals surface area (Å²) in [6.07, 6.45) is -1.23. The number of rotatable bonds is 3. The third-order valence-corrected chi connectivity index (χ3v) is 2.58. The van der Waals surface area contributed by atoms with Gasteiger partial charge in [0.05, 0.1) is 6.42 Å². The average Bonchev–Trinajstić information content (AvgIpc) is 2.34. The number of carbonyl (C=O) groups excluding carboxylic acids is 3. The Hall–Kier alpha value is -2.37. The lowest BCUT2D eigenvalue weighted by molar-refractivity contribution is -0.166. The molecule has 1 aliphatic rings. The smallest absolute Gasteiger partial charge is 0.330 e. The van der Waals surface area contributed by atoms with E-state index in [0.29, 0.717) is 5.56 Å². The Bertz CT molecular complexity index is 486. The molecule has 0 unspecified atom stereocenters. The maximum atomic E-state index is 11.8. The van der Waals surface area contributed by atoms with E-state index in [4.69, 9.17) is 10.5 Å². The monoisotopic (exact) mass is 248 g/mol. The Morgan fingerprint density at radius 3 is 2.56 bits per heavy atom. The Kier molecular flexibility index (Phi) is 3.27. The Balaban J connectivity index is 2.13. The molecule has 2 amide bonds. The Morgan fingerprint density at radius 2 is 1.94 bits per heavy atom. The van der Waals surface area contributed by atoms with Crippen molar-refractivity contribution >= 4 is 17.8 Å². The van der Waals surface area contributed by atoms with Gasteiger partial charge in [-0.3, -0.25) is 9.59 Å². The molecule has 6 heteroatoms. The van der Waals surface area contributed by atoms with Crippen molar-refractivity contribution in [1.82, 2.24) is 5.32 Å². The van der Waals surface area contributed by atoms with E-state index in [0.717, 1.165) is 0 Å². The van der Waals surface area contributed by atoms with Gasteiger partial charge in [-0.1, -0.05) is 30.3 Å². The molecular weight excluding hydrogens is 236 g/mol. The van der Waals surface area contributed by atoms with E-state index < -0.39 is 29.9 Å². The number of carbonyl (C=O) groups is 3. The molecule has 0 aromatic heterocycles. The first kappa shape index (κ1) is 12.1. The van der Waals surface area contributed by atoms with Crippen molar-refractivity contribution in [2.24, 2.45) is 5.73 Å². The van der Waals surface area contributed by atoms with Gasteiger partial charge >= 0.3 is 5.97 Å². The molecule has 18 heavy (non-hydrogen) atoms. The van der Waals surface area contributed by atoms with Crippen molar-refractivity contribution in [3.63, 3.8) is 0 Å². The summed E-state index contributed by atoms with van der Waals surface area (Å²) in [5.41, 5.74) is 5.56. The van der Waals surface area contributed by atoms with Gasteiger partial charge in [0.2, 0.25) is 12.0 Å². The molecule has 1 aromatic carbocycles. The fourth-order valence-corrected chi connectivity index (χ4v) is 1.74. The fraction of sp³-hybridized carbons (Fsp3) is 0.250. The van der Waals surface area contributed by atoms with Crippen molar-refractivity contribution in [3.8, 4) is 0 Å². The topological polar surface area (TPSA) is 98.5 Å². The molecular formula is C12H12N2O4. The first-order valence-electron chi connectivity index (χ1n) is 5.42. The van der Waals surface area contributed by atoms with Gasteiger partial charge in [0, 0.05) is 5.56 Å². The van der Waals surface area contributed by atoms with E-state index in [-0.39, 0.29) is 6.42 Å². The van der Waals surface area contributed by atoms with Gasteiger partial charge in [0.25, 0.3) is 5.91 Å². The van der Waals surface area contributed by atoms with Crippen molar-refractivity contribution in [2.75, 3.05) is 0 Å². The van der Waals surface area contributed by atoms with Crippen molar-refractivity contribution < 1.29 is 19.1 Å². The normalized spacial score (nSPS) is 23.1. The van der Waals surface area contributed by atoms with Crippen LogP contribution < -0.4 is 11.1 Å². The highest BCUT2D eigenvalue weighted by Gasteiger charge is 2.37. The van der Waals surface area contributed by atoms with Crippen LogP contribution in [0.3, 0.4) is 0 Å². The standard InChI is InChI=1S/C12H12N2O4/c13-9(15)6-8-12(17)18-10(11(16)14-8)7-4-2-1-3-5-7/h1-5,8,10H,6H2,(H2,13,15)(H,14,16)/t8-,10-/m0/s1. The zero-order chi connectivity index (χ0) is 13.1. The summed E-state index contributed by atoms with van der Waals surface area (Å²) >= 11 is 0. The van der Waals surface area contributed by atoms with Crippen LogP contribution in [0.25, 0.3) is 0 Å². The quantitative estimate of drug-likeness (QED) is 0.714. The summed E-state index contributed by atoms with van der Waals surface area (Å²) in [6, 6.07) is 7.66. The summed E-state index contributed by atoms with van der Waals surface area (Å²) in [7, 11) is 0. The van der Waals surface area contributed by atoms with Gasteiger partial charge in [-0.15, -0.1) is 0 Å². The summed E-state index contributed by atoms with van der Waals surface area (Å²) in [5, 5.41) is 2.43. The molecule has 1 heterocycles.